The van der Waals surface area contributed by atoms with Crippen molar-refractivity contribution in [1.82, 2.24) is 19.7 Å². The lowest BCUT2D eigenvalue weighted by Crippen LogP contribution is -2.47. The first kappa shape index (κ1) is 17.7. The molecule has 1 aromatic carbocycles. The third-order valence-corrected chi connectivity index (χ3v) is 5.70. The Hall–Kier alpha value is -2.69. The number of para-hydroxylation sites is 1. The number of likely N-dealkylation sites (tertiary alicyclic amines) is 1. The van der Waals surface area contributed by atoms with Crippen LogP contribution in [-0.4, -0.2) is 37.7 Å². The standard InChI is InChI=1S/C22H26N4O/c1-14-7-5-10-18-19(22(27)26-15(2)8-6-9-16(26)3)11-20(24-21(14)18)17-12-23-25(4)13-17/h5,7,10-13,15-16H,6,8-9H2,1-4H3/t15-,16+. The molecule has 0 bridgehead atoms. The average molecular weight is 362 g/mol. The van der Waals surface area contributed by atoms with Crippen LogP contribution < -0.4 is 0 Å². The molecule has 3 heterocycles. The lowest BCUT2D eigenvalue weighted by molar-refractivity contribution is 0.0513. The van der Waals surface area contributed by atoms with E-state index in [0.717, 1.165) is 46.1 Å². The Labute approximate surface area is 160 Å². The number of benzene rings is 1. The summed E-state index contributed by atoms with van der Waals surface area (Å²) in [5.74, 6) is 0.109. The van der Waals surface area contributed by atoms with Gasteiger partial charge in [-0.2, -0.15) is 5.10 Å². The maximum Gasteiger partial charge on any atom is 0.255 e. The van der Waals surface area contributed by atoms with Gasteiger partial charge in [0.2, 0.25) is 0 Å². The molecule has 1 saturated heterocycles. The van der Waals surface area contributed by atoms with Gasteiger partial charge in [0.05, 0.1) is 23.0 Å². The SMILES string of the molecule is Cc1cccc2c(C(=O)N3[C@H](C)CCC[C@@H]3C)cc(-c3cnn(C)c3)nc12. The van der Waals surface area contributed by atoms with E-state index in [9.17, 15) is 4.79 Å². The Kier molecular flexibility index (Phi) is 4.46. The summed E-state index contributed by atoms with van der Waals surface area (Å²) in [7, 11) is 1.89. The Morgan fingerprint density at radius 1 is 1.19 bits per heavy atom. The van der Waals surface area contributed by atoms with Crippen LogP contribution in [0.3, 0.4) is 0 Å². The highest BCUT2D eigenvalue weighted by Crippen LogP contribution is 2.30. The quantitative estimate of drug-likeness (QED) is 0.681. The summed E-state index contributed by atoms with van der Waals surface area (Å²) < 4.78 is 1.76. The minimum Gasteiger partial charge on any atom is -0.333 e. The normalized spacial score (nSPS) is 20.2. The summed E-state index contributed by atoms with van der Waals surface area (Å²) in [5, 5.41) is 5.19. The van der Waals surface area contributed by atoms with Crippen LogP contribution >= 0.6 is 0 Å². The first-order valence-electron chi connectivity index (χ1n) is 9.67. The van der Waals surface area contributed by atoms with Crippen molar-refractivity contribution in [3.63, 3.8) is 0 Å². The van der Waals surface area contributed by atoms with Crippen molar-refractivity contribution in [3.05, 3.63) is 47.8 Å². The Balaban J connectivity index is 1.90. The van der Waals surface area contributed by atoms with Crippen molar-refractivity contribution in [2.45, 2.75) is 52.1 Å². The molecular formula is C22H26N4O. The minimum atomic E-state index is 0.109. The van der Waals surface area contributed by atoms with Crippen molar-refractivity contribution >= 4 is 16.8 Å². The molecule has 0 radical (unpaired) electrons. The van der Waals surface area contributed by atoms with Crippen molar-refractivity contribution in [2.24, 2.45) is 7.05 Å². The van der Waals surface area contributed by atoms with Gasteiger partial charge in [-0.25, -0.2) is 4.98 Å². The molecule has 0 aliphatic carbocycles. The highest BCUT2D eigenvalue weighted by atomic mass is 16.2. The van der Waals surface area contributed by atoms with Crippen LogP contribution in [0.5, 0.6) is 0 Å². The van der Waals surface area contributed by atoms with Gasteiger partial charge in [-0.05, 0) is 51.7 Å². The number of pyridine rings is 1. The van der Waals surface area contributed by atoms with Crippen LogP contribution in [-0.2, 0) is 7.05 Å². The van der Waals surface area contributed by atoms with Gasteiger partial charge in [-0.15, -0.1) is 0 Å². The number of hydrogen-bond donors (Lipinski definition) is 0. The second-order valence-electron chi connectivity index (χ2n) is 7.77. The van der Waals surface area contributed by atoms with Crippen LogP contribution in [0.4, 0.5) is 0 Å². The average Bonchev–Trinajstić information content (AvgIpc) is 3.07. The van der Waals surface area contributed by atoms with Crippen LogP contribution in [0.2, 0.25) is 0 Å². The fourth-order valence-electron chi connectivity index (χ4n) is 4.23. The van der Waals surface area contributed by atoms with E-state index in [1.807, 2.05) is 44.4 Å². The molecule has 2 aromatic heterocycles. The monoisotopic (exact) mass is 362 g/mol. The summed E-state index contributed by atoms with van der Waals surface area (Å²) in [6.45, 7) is 6.36. The molecule has 0 unspecified atom stereocenters. The topological polar surface area (TPSA) is 51.0 Å². The second-order valence-corrected chi connectivity index (χ2v) is 7.77. The highest BCUT2D eigenvalue weighted by Gasteiger charge is 2.31. The first-order chi connectivity index (χ1) is 13.0. The van der Waals surface area contributed by atoms with Gasteiger partial charge in [0.15, 0.2) is 0 Å². The van der Waals surface area contributed by atoms with Crippen LogP contribution in [0.25, 0.3) is 22.2 Å². The van der Waals surface area contributed by atoms with E-state index in [0.29, 0.717) is 0 Å². The molecule has 0 saturated carbocycles. The predicted octanol–water partition coefficient (Wildman–Crippen LogP) is 4.35. The zero-order valence-corrected chi connectivity index (χ0v) is 16.4. The molecule has 5 nitrogen and oxygen atoms in total. The molecular weight excluding hydrogens is 336 g/mol. The number of nitrogens with zero attached hydrogens (tertiary/aromatic N) is 4. The molecule has 1 aliphatic heterocycles. The van der Waals surface area contributed by atoms with Crippen molar-refractivity contribution in [3.8, 4) is 11.3 Å². The van der Waals surface area contributed by atoms with Crippen molar-refractivity contribution in [1.29, 1.82) is 0 Å². The molecule has 0 spiro atoms. The summed E-state index contributed by atoms with van der Waals surface area (Å²) in [6.07, 6.45) is 7.05. The number of carbonyl (C=O) groups is 1. The predicted molar refractivity (Wildman–Crippen MR) is 108 cm³/mol. The van der Waals surface area contributed by atoms with Crippen LogP contribution in [0.1, 0.15) is 49.0 Å². The molecule has 5 heteroatoms. The highest BCUT2D eigenvalue weighted by molar-refractivity contribution is 6.08. The van der Waals surface area contributed by atoms with E-state index in [1.165, 1.54) is 6.42 Å². The van der Waals surface area contributed by atoms with Crippen LogP contribution in [0.15, 0.2) is 36.7 Å². The van der Waals surface area contributed by atoms with Gasteiger partial charge in [0.25, 0.3) is 5.91 Å². The van der Waals surface area contributed by atoms with Gasteiger partial charge in [-0.1, -0.05) is 18.2 Å². The van der Waals surface area contributed by atoms with Gasteiger partial charge in [0, 0.05) is 36.3 Å². The summed E-state index contributed by atoms with van der Waals surface area (Å²) >= 11 is 0. The molecule has 1 aliphatic rings. The maximum atomic E-state index is 13.6. The number of aromatic nitrogens is 3. The minimum absolute atomic E-state index is 0.109. The number of hydrogen-bond acceptors (Lipinski definition) is 3. The maximum absolute atomic E-state index is 13.6. The van der Waals surface area contributed by atoms with E-state index in [-0.39, 0.29) is 18.0 Å². The van der Waals surface area contributed by atoms with E-state index in [2.05, 4.69) is 23.8 Å². The van der Waals surface area contributed by atoms with Crippen molar-refractivity contribution < 1.29 is 4.79 Å². The smallest absolute Gasteiger partial charge is 0.255 e. The van der Waals surface area contributed by atoms with Crippen LogP contribution in [0, 0.1) is 6.92 Å². The molecule has 1 fully saturated rings. The lowest BCUT2D eigenvalue weighted by atomic mass is 9.95. The number of fused-ring (bicyclic) bond motifs is 1. The van der Waals surface area contributed by atoms with Crippen molar-refractivity contribution in [2.75, 3.05) is 0 Å². The molecule has 4 rings (SSSR count). The number of aryl methyl sites for hydroxylation is 2. The van der Waals surface area contributed by atoms with E-state index in [1.54, 1.807) is 10.9 Å². The Morgan fingerprint density at radius 3 is 2.59 bits per heavy atom. The third-order valence-electron chi connectivity index (χ3n) is 5.70. The number of carbonyl (C=O) groups excluding carboxylic acids is 1. The summed E-state index contributed by atoms with van der Waals surface area (Å²) in [4.78, 5) is 20.5. The molecule has 27 heavy (non-hydrogen) atoms. The Morgan fingerprint density at radius 2 is 1.93 bits per heavy atom. The van der Waals surface area contributed by atoms with E-state index >= 15 is 0 Å². The first-order valence-corrected chi connectivity index (χ1v) is 9.67. The largest absolute Gasteiger partial charge is 0.333 e. The van der Waals surface area contributed by atoms with Gasteiger partial charge in [0.1, 0.15) is 0 Å². The zero-order chi connectivity index (χ0) is 19.1. The fourth-order valence-corrected chi connectivity index (χ4v) is 4.23. The molecule has 1 amide bonds. The Bertz CT molecular complexity index is 997. The number of rotatable bonds is 2. The fraction of sp³-hybridized carbons (Fsp3) is 0.409. The summed E-state index contributed by atoms with van der Waals surface area (Å²) in [6, 6.07) is 8.52. The molecule has 2 atom stereocenters. The third kappa shape index (κ3) is 3.11. The zero-order valence-electron chi connectivity index (χ0n) is 16.4. The van der Waals surface area contributed by atoms with E-state index < -0.39 is 0 Å². The number of amides is 1. The molecule has 140 valence electrons. The lowest BCUT2D eigenvalue weighted by Gasteiger charge is -2.39. The number of piperidine rings is 1. The molecule has 0 N–H and O–H groups in total. The second kappa shape index (κ2) is 6.80. The van der Waals surface area contributed by atoms with Gasteiger partial charge >= 0.3 is 0 Å². The van der Waals surface area contributed by atoms with Gasteiger partial charge in [-0.3, -0.25) is 9.48 Å². The van der Waals surface area contributed by atoms with E-state index in [4.69, 9.17) is 4.98 Å². The molecule has 3 aromatic rings. The van der Waals surface area contributed by atoms with Gasteiger partial charge < -0.3 is 4.90 Å². The summed E-state index contributed by atoms with van der Waals surface area (Å²) in [5.41, 5.74) is 4.43.